The van der Waals surface area contributed by atoms with Crippen molar-refractivity contribution in [3.05, 3.63) is 25.3 Å². The molecule has 0 heterocycles. The van der Waals surface area contributed by atoms with Gasteiger partial charge in [0.15, 0.2) is 0 Å². The summed E-state index contributed by atoms with van der Waals surface area (Å²) in [6, 6.07) is 0. The van der Waals surface area contributed by atoms with Crippen LogP contribution in [0.3, 0.4) is 0 Å². The minimum Gasteiger partial charge on any atom is -0.465 e. The van der Waals surface area contributed by atoms with E-state index in [1.165, 1.54) is 0 Å². The molecule has 184 valence electrons. The lowest BCUT2D eigenvalue weighted by atomic mass is 9.73. The van der Waals surface area contributed by atoms with Gasteiger partial charge in [-0.15, -0.1) is 0 Å². The molecule has 10 heteroatoms. The van der Waals surface area contributed by atoms with Crippen LogP contribution in [0.25, 0.3) is 0 Å². The summed E-state index contributed by atoms with van der Waals surface area (Å²) in [6.45, 7) is 11.8. The van der Waals surface area contributed by atoms with E-state index in [0.29, 0.717) is 32.1 Å². The highest BCUT2D eigenvalue weighted by molar-refractivity contribution is 7.85. The molecule has 32 heavy (non-hydrogen) atoms. The van der Waals surface area contributed by atoms with Crippen molar-refractivity contribution in [1.82, 2.24) is 0 Å². The standard InChI is InChI=1S/C22H36O9S/c1-6-9-14-22(17(4)30-19(23)7-2,18(5)31-20(24)8-3)21(25)29-15-12-10-11-13-16-32(26,27)28/h7-8,17-18H,2-3,6,9-16H2,1,4-5H3,(H,26,27,28). The van der Waals surface area contributed by atoms with E-state index >= 15 is 0 Å². The topological polar surface area (TPSA) is 133 Å². The summed E-state index contributed by atoms with van der Waals surface area (Å²) in [5.41, 5.74) is -1.43. The predicted octanol–water partition coefficient (Wildman–Crippen LogP) is 3.39. The number of rotatable bonds is 17. The summed E-state index contributed by atoms with van der Waals surface area (Å²) < 4.78 is 46.4. The molecule has 0 aliphatic heterocycles. The van der Waals surface area contributed by atoms with E-state index in [9.17, 15) is 22.8 Å². The highest BCUT2D eigenvalue weighted by atomic mass is 32.2. The van der Waals surface area contributed by atoms with Gasteiger partial charge in [-0.25, -0.2) is 9.59 Å². The van der Waals surface area contributed by atoms with Crippen LogP contribution in [0.15, 0.2) is 25.3 Å². The van der Waals surface area contributed by atoms with Crippen LogP contribution in [0.1, 0.15) is 65.7 Å². The first-order chi connectivity index (χ1) is 14.9. The van der Waals surface area contributed by atoms with Crippen molar-refractivity contribution >= 4 is 28.0 Å². The van der Waals surface area contributed by atoms with Gasteiger partial charge in [-0.1, -0.05) is 45.8 Å². The van der Waals surface area contributed by atoms with Crippen LogP contribution < -0.4 is 0 Å². The van der Waals surface area contributed by atoms with Crippen molar-refractivity contribution in [2.45, 2.75) is 77.9 Å². The summed E-state index contributed by atoms with van der Waals surface area (Å²) in [4.78, 5) is 36.9. The normalized spacial score (nSPS) is 15.0. The fraction of sp³-hybridized carbons (Fsp3) is 0.682. The van der Waals surface area contributed by atoms with Gasteiger partial charge in [0, 0.05) is 12.2 Å². The molecule has 0 radical (unpaired) electrons. The Balaban J connectivity index is 5.40. The maximum absolute atomic E-state index is 13.2. The number of carbonyl (C=O) groups is 3. The summed E-state index contributed by atoms with van der Waals surface area (Å²) >= 11 is 0. The SMILES string of the molecule is C=CC(=O)OC(C)C(CCCC)(C(=O)OCCCCCCS(=O)(=O)O)C(C)OC(=O)C=C. The van der Waals surface area contributed by atoms with Crippen molar-refractivity contribution < 1.29 is 41.6 Å². The van der Waals surface area contributed by atoms with Crippen LogP contribution >= 0.6 is 0 Å². The molecular formula is C22H36O9S. The van der Waals surface area contributed by atoms with E-state index in [1.54, 1.807) is 13.8 Å². The lowest BCUT2D eigenvalue weighted by molar-refractivity contribution is -0.188. The van der Waals surface area contributed by atoms with Crippen molar-refractivity contribution in [1.29, 1.82) is 0 Å². The molecule has 0 saturated heterocycles. The molecule has 0 amide bonds. The van der Waals surface area contributed by atoms with Gasteiger partial charge in [-0.2, -0.15) is 8.42 Å². The van der Waals surface area contributed by atoms with E-state index in [1.807, 2.05) is 6.92 Å². The van der Waals surface area contributed by atoms with E-state index in [0.717, 1.165) is 18.6 Å². The lowest BCUT2D eigenvalue weighted by Crippen LogP contribution is -2.53. The molecule has 0 saturated carbocycles. The van der Waals surface area contributed by atoms with E-state index in [-0.39, 0.29) is 18.8 Å². The first-order valence-corrected chi connectivity index (χ1v) is 12.3. The third kappa shape index (κ3) is 10.4. The van der Waals surface area contributed by atoms with Crippen LogP contribution in [0, 0.1) is 5.41 Å². The van der Waals surface area contributed by atoms with Gasteiger partial charge >= 0.3 is 17.9 Å². The molecule has 0 aliphatic rings. The Labute approximate surface area is 190 Å². The Morgan fingerprint density at radius 1 is 0.938 bits per heavy atom. The van der Waals surface area contributed by atoms with E-state index in [2.05, 4.69) is 13.2 Å². The number of esters is 3. The van der Waals surface area contributed by atoms with Gasteiger partial charge in [-0.3, -0.25) is 9.35 Å². The molecule has 0 spiro atoms. The fourth-order valence-corrected chi connectivity index (χ4v) is 3.90. The van der Waals surface area contributed by atoms with E-state index in [4.69, 9.17) is 18.8 Å². The largest absolute Gasteiger partial charge is 0.465 e. The molecule has 0 rings (SSSR count). The molecule has 2 unspecified atom stereocenters. The zero-order valence-electron chi connectivity index (χ0n) is 19.2. The maximum Gasteiger partial charge on any atom is 0.330 e. The first-order valence-electron chi connectivity index (χ1n) is 10.7. The molecule has 0 bridgehead atoms. The average Bonchev–Trinajstić information content (AvgIpc) is 2.72. The molecule has 0 aromatic carbocycles. The van der Waals surface area contributed by atoms with Crippen LogP contribution in [0.4, 0.5) is 0 Å². The summed E-state index contributed by atoms with van der Waals surface area (Å²) in [6.07, 6.45) is 3.55. The first kappa shape index (κ1) is 29.8. The van der Waals surface area contributed by atoms with Crippen molar-refractivity contribution in [3.8, 4) is 0 Å². The second-order valence-corrected chi connectivity index (χ2v) is 9.12. The third-order valence-electron chi connectivity index (χ3n) is 5.22. The Morgan fingerprint density at radius 3 is 1.88 bits per heavy atom. The Morgan fingerprint density at radius 2 is 1.44 bits per heavy atom. The van der Waals surface area contributed by atoms with Crippen LogP contribution in [0.5, 0.6) is 0 Å². The second-order valence-electron chi connectivity index (χ2n) is 7.55. The smallest absolute Gasteiger partial charge is 0.330 e. The van der Waals surface area contributed by atoms with Gasteiger partial charge in [0.2, 0.25) is 0 Å². The molecule has 2 atom stereocenters. The molecule has 0 fully saturated rings. The van der Waals surface area contributed by atoms with Gasteiger partial charge in [0.25, 0.3) is 10.1 Å². The van der Waals surface area contributed by atoms with Gasteiger partial charge in [0.1, 0.15) is 17.6 Å². The van der Waals surface area contributed by atoms with Crippen molar-refractivity contribution in [2.24, 2.45) is 5.41 Å². The molecule has 0 aromatic rings. The highest BCUT2D eigenvalue weighted by Gasteiger charge is 2.52. The number of unbranched alkanes of at least 4 members (excludes halogenated alkanes) is 4. The Kier molecular flexibility index (Phi) is 13.8. The maximum atomic E-state index is 13.2. The number of ether oxygens (including phenoxy) is 3. The number of carbonyl (C=O) groups excluding carboxylic acids is 3. The lowest BCUT2D eigenvalue weighted by Gasteiger charge is -2.40. The Hall–Kier alpha value is -2.20. The predicted molar refractivity (Wildman–Crippen MR) is 119 cm³/mol. The quantitative estimate of drug-likeness (QED) is 0.110. The van der Waals surface area contributed by atoms with Crippen molar-refractivity contribution in [3.63, 3.8) is 0 Å². The summed E-state index contributed by atoms with van der Waals surface area (Å²) in [5.74, 6) is -2.40. The summed E-state index contributed by atoms with van der Waals surface area (Å²) in [7, 11) is -3.98. The molecule has 9 nitrogen and oxygen atoms in total. The minimum absolute atomic E-state index is 0.0584. The minimum atomic E-state index is -3.98. The van der Waals surface area contributed by atoms with Crippen LogP contribution in [0.2, 0.25) is 0 Å². The monoisotopic (exact) mass is 476 g/mol. The third-order valence-corrected chi connectivity index (χ3v) is 6.03. The highest BCUT2D eigenvalue weighted by Crippen LogP contribution is 2.38. The molecular weight excluding hydrogens is 440 g/mol. The van der Waals surface area contributed by atoms with Crippen molar-refractivity contribution in [2.75, 3.05) is 12.4 Å². The number of hydrogen-bond acceptors (Lipinski definition) is 8. The fourth-order valence-electron chi connectivity index (χ4n) is 3.33. The van der Waals surface area contributed by atoms with Gasteiger partial charge in [0.05, 0.1) is 12.4 Å². The molecule has 0 aliphatic carbocycles. The Bertz CT molecular complexity index is 715. The molecule has 0 aromatic heterocycles. The molecule has 1 N–H and O–H groups in total. The number of hydrogen-bond donors (Lipinski definition) is 1. The summed E-state index contributed by atoms with van der Waals surface area (Å²) in [5, 5.41) is 0. The zero-order valence-corrected chi connectivity index (χ0v) is 20.0. The van der Waals surface area contributed by atoms with Gasteiger partial charge in [-0.05, 0) is 33.1 Å². The average molecular weight is 477 g/mol. The zero-order chi connectivity index (χ0) is 24.8. The van der Waals surface area contributed by atoms with E-state index < -0.39 is 45.6 Å². The van der Waals surface area contributed by atoms with Crippen LogP contribution in [-0.4, -0.2) is 55.4 Å². The van der Waals surface area contributed by atoms with Gasteiger partial charge < -0.3 is 14.2 Å². The van der Waals surface area contributed by atoms with Crippen LogP contribution in [-0.2, 0) is 38.7 Å². The second kappa shape index (κ2) is 14.8.